The van der Waals surface area contributed by atoms with Crippen LogP contribution in [0.2, 0.25) is 0 Å². The van der Waals surface area contributed by atoms with Crippen LogP contribution in [0.25, 0.3) is 10.9 Å². The van der Waals surface area contributed by atoms with Crippen molar-refractivity contribution in [3.63, 3.8) is 0 Å². The summed E-state index contributed by atoms with van der Waals surface area (Å²) in [6, 6.07) is 9.19. The number of nitrogens with one attached hydrogen (secondary N) is 3. The summed E-state index contributed by atoms with van der Waals surface area (Å²) in [5, 5.41) is 9.70. The summed E-state index contributed by atoms with van der Waals surface area (Å²) >= 11 is 0. The highest BCUT2D eigenvalue weighted by Gasteiger charge is 2.30. The first-order chi connectivity index (χ1) is 18.9. The monoisotopic (exact) mass is 576 g/mol. The number of benzene rings is 2. The lowest BCUT2D eigenvalue weighted by atomic mass is 9.87. The Balaban J connectivity index is 1.63. The molecule has 2 unspecified atom stereocenters. The molecule has 3 N–H and O–H groups in total. The molecule has 1 aliphatic rings. The fourth-order valence-electron chi connectivity index (χ4n) is 4.77. The maximum Gasteiger partial charge on any atom is 0.406 e. The molecule has 0 radical (unpaired) electrons. The lowest BCUT2D eigenvalue weighted by Crippen LogP contribution is -2.40. The number of hydrogen-bond donors (Lipinski definition) is 3. The van der Waals surface area contributed by atoms with Crippen LogP contribution < -0.4 is 20.7 Å². The van der Waals surface area contributed by atoms with Crippen molar-refractivity contribution in [2.45, 2.75) is 31.0 Å². The highest BCUT2D eigenvalue weighted by atomic mass is 32.2. The Bertz CT molecular complexity index is 1570. The van der Waals surface area contributed by atoms with Crippen LogP contribution in [-0.4, -0.2) is 58.1 Å². The van der Waals surface area contributed by atoms with Gasteiger partial charge in [0.05, 0.1) is 35.4 Å². The molecule has 0 spiro atoms. The summed E-state index contributed by atoms with van der Waals surface area (Å²) in [6.45, 7) is 2.34. The number of methoxy groups -OCH3 is 1. The molecule has 2 aromatic carbocycles. The van der Waals surface area contributed by atoms with Gasteiger partial charge in [0.1, 0.15) is 12.3 Å². The number of nitrogens with zero attached hydrogens (tertiary/aromatic N) is 1. The number of aromatic nitrogens is 1. The van der Waals surface area contributed by atoms with Gasteiger partial charge < -0.3 is 25.3 Å². The van der Waals surface area contributed by atoms with Gasteiger partial charge in [0.25, 0.3) is 0 Å². The third kappa shape index (κ3) is 7.08. The molecule has 1 fully saturated rings. The van der Waals surface area contributed by atoms with Gasteiger partial charge in [-0.1, -0.05) is 18.8 Å². The molecule has 12 heteroatoms. The van der Waals surface area contributed by atoms with Crippen LogP contribution in [-0.2, 0) is 21.2 Å². The third-order valence-electron chi connectivity index (χ3n) is 6.82. The van der Waals surface area contributed by atoms with E-state index in [9.17, 15) is 26.4 Å². The second kappa shape index (κ2) is 11.8. The van der Waals surface area contributed by atoms with E-state index in [1.165, 1.54) is 31.5 Å². The standard InChI is InChI=1S/C28H31F3N4O4S/c1-18-16-32-11-8-21(18)27(36)34-23-13-19(14-25-22(23)9-12-35(25)17-28(29,30)31)5-4-10-33-24-15-20(40(3,37)38)6-7-26(24)39-2/h6-7,9,12-15,18,21,32-33H,8,10-11,16-17H2,1-3H3,(H,34,36). The second-order valence-corrected chi connectivity index (χ2v) is 11.9. The smallest absolute Gasteiger partial charge is 0.406 e. The summed E-state index contributed by atoms with van der Waals surface area (Å²) in [7, 11) is -1.98. The van der Waals surface area contributed by atoms with Gasteiger partial charge in [-0.3, -0.25) is 4.79 Å². The first kappa shape index (κ1) is 29.3. The van der Waals surface area contributed by atoms with Crippen molar-refractivity contribution in [2.75, 3.05) is 43.6 Å². The third-order valence-corrected chi connectivity index (χ3v) is 7.93. The second-order valence-electron chi connectivity index (χ2n) is 9.87. The minimum atomic E-state index is -4.43. The molecule has 1 aromatic heterocycles. The van der Waals surface area contributed by atoms with Gasteiger partial charge in [-0.05, 0) is 61.8 Å². The fraction of sp³-hybridized carbons (Fsp3) is 0.393. The van der Waals surface area contributed by atoms with Gasteiger partial charge in [0, 0.05) is 29.3 Å². The number of anilines is 2. The maximum absolute atomic E-state index is 13.2. The van der Waals surface area contributed by atoms with Gasteiger partial charge in [-0.25, -0.2) is 8.42 Å². The molecule has 0 aliphatic carbocycles. The maximum atomic E-state index is 13.2. The molecule has 214 valence electrons. The van der Waals surface area contributed by atoms with E-state index in [-0.39, 0.29) is 29.2 Å². The number of fused-ring (bicyclic) bond motifs is 1. The normalized spacial score (nSPS) is 17.6. The Morgan fingerprint density at radius 3 is 2.65 bits per heavy atom. The number of rotatable bonds is 7. The molecule has 3 aromatic rings. The van der Waals surface area contributed by atoms with Crippen molar-refractivity contribution in [3.8, 4) is 17.6 Å². The zero-order valence-electron chi connectivity index (χ0n) is 22.4. The van der Waals surface area contributed by atoms with Gasteiger partial charge in [0.2, 0.25) is 5.91 Å². The molecule has 1 aliphatic heterocycles. The van der Waals surface area contributed by atoms with E-state index in [1.807, 2.05) is 6.92 Å². The van der Waals surface area contributed by atoms with E-state index >= 15 is 0 Å². The predicted molar refractivity (Wildman–Crippen MR) is 148 cm³/mol. The van der Waals surface area contributed by atoms with Crippen LogP contribution >= 0.6 is 0 Å². The Labute approximate surface area is 231 Å². The Morgan fingerprint density at radius 2 is 1.98 bits per heavy atom. The molecule has 8 nitrogen and oxygen atoms in total. The van der Waals surface area contributed by atoms with E-state index in [4.69, 9.17) is 4.74 Å². The first-order valence-electron chi connectivity index (χ1n) is 12.7. The van der Waals surface area contributed by atoms with Gasteiger partial charge >= 0.3 is 6.18 Å². The Morgan fingerprint density at radius 1 is 1.20 bits per heavy atom. The van der Waals surface area contributed by atoms with E-state index < -0.39 is 22.6 Å². The molecule has 2 heterocycles. The Kier molecular flexibility index (Phi) is 8.65. The van der Waals surface area contributed by atoms with Crippen molar-refractivity contribution in [1.82, 2.24) is 9.88 Å². The van der Waals surface area contributed by atoms with Crippen molar-refractivity contribution < 1.29 is 31.1 Å². The molecule has 4 rings (SSSR count). The summed E-state index contributed by atoms with van der Waals surface area (Å²) in [5.74, 6) is 6.01. The fourth-order valence-corrected chi connectivity index (χ4v) is 5.42. The predicted octanol–water partition coefficient (Wildman–Crippen LogP) is 4.26. The summed E-state index contributed by atoms with van der Waals surface area (Å²) < 4.78 is 69.9. The van der Waals surface area contributed by atoms with Crippen LogP contribution in [0.1, 0.15) is 18.9 Å². The average Bonchev–Trinajstić information content (AvgIpc) is 3.27. The average molecular weight is 577 g/mol. The summed E-state index contributed by atoms with van der Waals surface area (Å²) in [4.78, 5) is 13.2. The number of ether oxygens (including phenoxy) is 1. The van der Waals surface area contributed by atoms with Crippen molar-refractivity contribution in [3.05, 3.63) is 48.2 Å². The largest absolute Gasteiger partial charge is 0.495 e. The molecule has 0 bridgehead atoms. The number of alkyl halides is 3. The van der Waals surface area contributed by atoms with Gasteiger partial charge in [0.15, 0.2) is 9.84 Å². The molecule has 2 atom stereocenters. The molecule has 40 heavy (non-hydrogen) atoms. The topological polar surface area (TPSA) is 101 Å². The van der Waals surface area contributed by atoms with Crippen LogP contribution in [0.4, 0.5) is 24.5 Å². The van der Waals surface area contributed by atoms with Crippen molar-refractivity contribution >= 4 is 38.0 Å². The van der Waals surface area contributed by atoms with Gasteiger partial charge in [-0.2, -0.15) is 13.2 Å². The lowest BCUT2D eigenvalue weighted by Gasteiger charge is -2.28. The number of halogens is 3. The number of carbonyl (C=O) groups excluding carboxylic acids is 1. The van der Waals surface area contributed by atoms with E-state index in [0.29, 0.717) is 46.6 Å². The highest BCUT2D eigenvalue weighted by Crippen LogP contribution is 2.31. The summed E-state index contributed by atoms with van der Waals surface area (Å²) in [5.41, 5.74) is 1.54. The minimum absolute atomic E-state index is 0.0967. The SMILES string of the molecule is COc1ccc(S(C)(=O)=O)cc1NCC#Cc1cc(NC(=O)C2CCNCC2C)c2ccn(CC(F)(F)F)c2c1. The van der Waals surface area contributed by atoms with E-state index in [0.717, 1.165) is 17.4 Å². The van der Waals surface area contributed by atoms with Crippen LogP contribution in [0, 0.1) is 23.7 Å². The van der Waals surface area contributed by atoms with Crippen LogP contribution in [0.15, 0.2) is 47.5 Å². The van der Waals surface area contributed by atoms with Crippen LogP contribution in [0.5, 0.6) is 5.75 Å². The Hall–Kier alpha value is -3.69. The number of carbonyl (C=O) groups is 1. The lowest BCUT2D eigenvalue weighted by molar-refractivity contribution is -0.139. The number of piperidine rings is 1. The summed E-state index contributed by atoms with van der Waals surface area (Å²) in [6.07, 6.45) is -1.31. The quantitative estimate of drug-likeness (QED) is 0.364. The number of sulfone groups is 1. The first-order valence-corrected chi connectivity index (χ1v) is 14.6. The van der Waals surface area contributed by atoms with E-state index in [2.05, 4.69) is 27.8 Å². The van der Waals surface area contributed by atoms with E-state index in [1.54, 1.807) is 18.2 Å². The van der Waals surface area contributed by atoms with Crippen molar-refractivity contribution in [2.24, 2.45) is 11.8 Å². The van der Waals surface area contributed by atoms with Gasteiger partial charge in [-0.15, -0.1) is 0 Å². The van der Waals surface area contributed by atoms with Crippen LogP contribution in [0.3, 0.4) is 0 Å². The number of amides is 1. The molecule has 1 amide bonds. The van der Waals surface area contributed by atoms with Crippen molar-refractivity contribution in [1.29, 1.82) is 0 Å². The minimum Gasteiger partial charge on any atom is -0.495 e. The highest BCUT2D eigenvalue weighted by molar-refractivity contribution is 7.90. The molecular weight excluding hydrogens is 545 g/mol. The number of hydrogen-bond acceptors (Lipinski definition) is 6. The molecular formula is C28H31F3N4O4S. The zero-order valence-corrected chi connectivity index (χ0v) is 23.2. The zero-order chi connectivity index (χ0) is 29.1. The molecule has 0 saturated carbocycles. The molecule has 1 saturated heterocycles.